The first-order valence-electron chi connectivity index (χ1n) is 5.16. The van der Waals surface area contributed by atoms with Crippen LogP contribution in [0.5, 0.6) is 0 Å². The van der Waals surface area contributed by atoms with E-state index in [2.05, 4.69) is 5.10 Å². The molecule has 1 amide bonds. The first-order chi connectivity index (χ1) is 7.56. The highest BCUT2D eigenvalue weighted by molar-refractivity contribution is 8.00. The molecule has 2 heterocycles. The number of rotatable bonds is 2. The third-order valence-corrected chi connectivity index (χ3v) is 4.42. The van der Waals surface area contributed by atoms with Crippen molar-refractivity contribution < 1.29 is 4.79 Å². The fourth-order valence-corrected chi connectivity index (χ4v) is 3.67. The molecular formula is C10H14ClN3OS. The molecule has 6 heteroatoms. The summed E-state index contributed by atoms with van der Waals surface area (Å²) in [6.45, 7) is 4.62. The third-order valence-electron chi connectivity index (χ3n) is 2.75. The molecule has 4 nitrogen and oxygen atoms in total. The molecule has 0 N–H and O–H groups in total. The molecule has 1 fully saturated rings. The van der Waals surface area contributed by atoms with Crippen molar-refractivity contribution in [3.8, 4) is 0 Å². The lowest BCUT2D eigenvalue weighted by atomic mass is 10.2. The number of nitrogens with zero attached hydrogens (tertiary/aromatic N) is 3. The van der Waals surface area contributed by atoms with Gasteiger partial charge in [0.25, 0.3) is 0 Å². The van der Waals surface area contributed by atoms with Gasteiger partial charge in [0.15, 0.2) is 0 Å². The molecule has 0 aliphatic carbocycles. The zero-order valence-electron chi connectivity index (χ0n) is 9.53. The Morgan fingerprint density at radius 3 is 2.81 bits per heavy atom. The molecule has 1 aromatic rings. The van der Waals surface area contributed by atoms with E-state index in [1.165, 1.54) is 0 Å². The van der Waals surface area contributed by atoms with E-state index in [1.807, 2.05) is 25.8 Å². The minimum absolute atomic E-state index is 0.0266. The van der Waals surface area contributed by atoms with Crippen LogP contribution >= 0.6 is 23.4 Å². The van der Waals surface area contributed by atoms with Crippen LogP contribution in [0.15, 0.2) is 0 Å². The molecule has 1 saturated heterocycles. The van der Waals surface area contributed by atoms with Gasteiger partial charge in [-0.25, -0.2) is 0 Å². The molecule has 0 spiro atoms. The summed E-state index contributed by atoms with van der Waals surface area (Å²) in [6, 6.07) is 0. The number of thioether (sulfide) groups is 1. The van der Waals surface area contributed by atoms with Gasteiger partial charge in [0, 0.05) is 19.2 Å². The Morgan fingerprint density at radius 2 is 2.31 bits per heavy atom. The van der Waals surface area contributed by atoms with E-state index < -0.39 is 0 Å². The fraction of sp³-hybridized carbons (Fsp3) is 0.600. The third kappa shape index (κ3) is 1.72. The average molecular weight is 260 g/mol. The van der Waals surface area contributed by atoms with Gasteiger partial charge in [-0.1, -0.05) is 11.6 Å². The molecule has 16 heavy (non-hydrogen) atoms. The first-order valence-corrected chi connectivity index (χ1v) is 6.59. The van der Waals surface area contributed by atoms with Crippen LogP contribution in [-0.4, -0.2) is 32.9 Å². The largest absolute Gasteiger partial charge is 0.326 e. The van der Waals surface area contributed by atoms with E-state index in [1.54, 1.807) is 16.4 Å². The van der Waals surface area contributed by atoms with Crippen molar-refractivity contribution >= 4 is 29.3 Å². The Morgan fingerprint density at radius 1 is 1.62 bits per heavy atom. The second kappa shape index (κ2) is 4.30. The maximum atomic E-state index is 11.7. The molecule has 1 aliphatic rings. The van der Waals surface area contributed by atoms with Crippen molar-refractivity contribution in [3.05, 3.63) is 16.4 Å². The number of hydrogen-bond acceptors (Lipinski definition) is 3. The zero-order chi connectivity index (χ0) is 11.9. The summed E-state index contributed by atoms with van der Waals surface area (Å²) in [4.78, 5) is 13.5. The number of aromatic nitrogens is 2. The van der Waals surface area contributed by atoms with Crippen molar-refractivity contribution in [2.24, 2.45) is 7.05 Å². The van der Waals surface area contributed by atoms with Gasteiger partial charge in [0.2, 0.25) is 5.91 Å². The van der Waals surface area contributed by atoms with E-state index >= 15 is 0 Å². The maximum Gasteiger partial charge on any atom is 0.233 e. The summed E-state index contributed by atoms with van der Waals surface area (Å²) in [7, 11) is 1.82. The van der Waals surface area contributed by atoms with E-state index in [-0.39, 0.29) is 11.3 Å². The zero-order valence-corrected chi connectivity index (χ0v) is 11.1. The van der Waals surface area contributed by atoms with E-state index in [0.717, 1.165) is 11.3 Å². The summed E-state index contributed by atoms with van der Waals surface area (Å²) in [6.07, 6.45) is 0. The van der Waals surface area contributed by atoms with Crippen LogP contribution in [0.4, 0.5) is 0 Å². The van der Waals surface area contributed by atoms with Gasteiger partial charge in [-0.05, 0) is 13.8 Å². The lowest BCUT2D eigenvalue weighted by Gasteiger charge is -2.22. The lowest BCUT2D eigenvalue weighted by molar-refractivity contribution is -0.127. The van der Waals surface area contributed by atoms with E-state index in [9.17, 15) is 4.79 Å². The molecule has 1 atom stereocenters. The Hall–Kier alpha value is -0.680. The molecule has 0 radical (unpaired) electrons. The Kier molecular flexibility index (Phi) is 3.17. The second-order valence-corrected chi connectivity index (χ2v) is 5.18. The summed E-state index contributed by atoms with van der Waals surface area (Å²) in [5.74, 6) is 0.709. The minimum Gasteiger partial charge on any atom is -0.326 e. The van der Waals surface area contributed by atoms with Gasteiger partial charge >= 0.3 is 0 Å². The summed E-state index contributed by atoms with van der Waals surface area (Å²) in [5, 5.41) is 4.94. The molecule has 0 aromatic carbocycles. The van der Waals surface area contributed by atoms with Crippen LogP contribution in [0.1, 0.15) is 23.6 Å². The fourth-order valence-electron chi connectivity index (χ4n) is 1.96. The van der Waals surface area contributed by atoms with Crippen LogP contribution in [0, 0.1) is 6.92 Å². The number of carbonyl (C=O) groups is 1. The maximum absolute atomic E-state index is 11.7. The minimum atomic E-state index is 0.0266. The smallest absolute Gasteiger partial charge is 0.233 e. The first kappa shape index (κ1) is 11.8. The van der Waals surface area contributed by atoms with Crippen molar-refractivity contribution in [3.63, 3.8) is 0 Å². The van der Waals surface area contributed by atoms with Gasteiger partial charge in [-0.2, -0.15) is 5.10 Å². The van der Waals surface area contributed by atoms with Gasteiger partial charge in [-0.3, -0.25) is 9.48 Å². The number of hydrogen-bond donors (Lipinski definition) is 0. The average Bonchev–Trinajstić information content (AvgIpc) is 2.70. The second-order valence-electron chi connectivity index (χ2n) is 3.76. The number of amides is 1. The molecular weight excluding hydrogens is 246 g/mol. The molecule has 0 saturated carbocycles. The summed E-state index contributed by atoms with van der Waals surface area (Å²) >= 11 is 7.83. The highest BCUT2D eigenvalue weighted by Gasteiger charge is 2.35. The van der Waals surface area contributed by atoms with Gasteiger partial charge in [0.1, 0.15) is 10.5 Å². The molecule has 2 rings (SSSR count). The Balaban J connectivity index is 2.41. The standard InChI is InChI=1S/C10H14ClN3OS/c1-4-14-7(15)5-16-10(14)8-6(2)12-13(3)9(8)11/h10H,4-5H2,1-3H3. The van der Waals surface area contributed by atoms with Crippen molar-refractivity contribution in [2.75, 3.05) is 12.3 Å². The van der Waals surface area contributed by atoms with Crippen molar-refractivity contribution in [1.29, 1.82) is 0 Å². The number of aryl methyl sites for hydroxylation is 2. The van der Waals surface area contributed by atoms with Crippen molar-refractivity contribution in [1.82, 2.24) is 14.7 Å². The Labute approximate surface area is 104 Å². The lowest BCUT2D eigenvalue weighted by Crippen LogP contribution is -2.28. The van der Waals surface area contributed by atoms with Crippen LogP contribution in [0.25, 0.3) is 0 Å². The van der Waals surface area contributed by atoms with Crippen LogP contribution in [0.3, 0.4) is 0 Å². The monoisotopic (exact) mass is 259 g/mol. The number of carbonyl (C=O) groups excluding carboxylic acids is 1. The van der Waals surface area contributed by atoms with Crippen molar-refractivity contribution in [2.45, 2.75) is 19.2 Å². The van der Waals surface area contributed by atoms with E-state index in [4.69, 9.17) is 11.6 Å². The quantitative estimate of drug-likeness (QED) is 0.815. The number of halogens is 1. The molecule has 1 aliphatic heterocycles. The van der Waals surface area contributed by atoms with Gasteiger partial charge in [0.05, 0.1) is 11.4 Å². The Bertz CT molecular complexity index is 432. The predicted octanol–water partition coefficient (Wildman–Crippen LogP) is 1.98. The summed E-state index contributed by atoms with van der Waals surface area (Å²) < 4.78 is 1.66. The highest BCUT2D eigenvalue weighted by Crippen LogP contribution is 2.42. The topological polar surface area (TPSA) is 38.1 Å². The normalized spacial score (nSPS) is 20.9. The molecule has 0 bridgehead atoms. The van der Waals surface area contributed by atoms with Crippen LogP contribution in [0.2, 0.25) is 5.15 Å². The molecule has 88 valence electrons. The van der Waals surface area contributed by atoms with Gasteiger partial charge in [-0.15, -0.1) is 11.8 Å². The van der Waals surface area contributed by atoms with Gasteiger partial charge < -0.3 is 4.90 Å². The predicted molar refractivity (Wildman–Crippen MR) is 65.5 cm³/mol. The summed E-state index contributed by atoms with van der Waals surface area (Å²) in [5.41, 5.74) is 1.88. The molecule has 1 unspecified atom stereocenters. The van der Waals surface area contributed by atoms with Crippen LogP contribution in [-0.2, 0) is 11.8 Å². The van der Waals surface area contributed by atoms with Crippen LogP contribution < -0.4 is 0 Å². The van der Waals surface area contributed by atoms with E-state index in [0.29, 0.717) is 17.5 Å². The SMILES string of the molecule is CCN1C(=O)CSC1c1c(C)nn(C)c1Cl. The highest BCUT2D eigenvalue weighted by atomic mass is 35.5. The molecule has 1 aromatic heterocycles.